The van der Waals surface area contributed by atoms with Crippen molar-refractivity contribution in [3.8, 4) is 17.2 Å². The van der Waals surface area contributed by atoms with E-state index in [9.17, 15) is 10.1 Å². The van der Waals surface area contributed by atoms with Gasteiger partial charge in [-0.2, -0.15) is 5.26 Å². The fourth-order valence-corrected chi connectivity index (χ4v) is 12.2. The van der Waals surface area contributed by atoms with E-state index in [2.05, 4.69) is 147 Å². The van der Waals surface area contributed by atoms with Crippen LogP contribution in [0.15, 0.2) is 144 Å². The second-order valence-electron chi connectivity index (χ2n) is 17.8. The first-order valence-electron chi connectivity index (χ1n) is 20.8. The monoisotopic (exact) mass is 766 g/mol. The van der Waals surface area contributed by atoms with Gasteiger partial charge in [-0.3, -0.25) is 4.79 Å². The van der Waals surface area contributed by atoms with Gasteiger partial charge in [-0.15, -0.1) is 0 Å². The van der Waals surface area contributed by atoms with E-state index in [1.165, 1.54) is 38.8 Å². The van der Waals surface area contributed by atoms with Gasteiger partial charge in [-0.05, 0) is 111 Å². The average molecular weight is 767 g/mol. The fourth-order valence-electron chi connectivity index (χ4n) is 12.2. The van der Waals surface area contributed by atoms with E-state index < -0.39 is 5.41 Å². The summed E-state index contributed by atoms with van der Waals surface area (Å²) in [7, 11) is 0. The number of nitrogens with zero attached hydrogens (tertiary/aromatic N) is 2. The van der Waals surface area contributed by atoms with Crippen molar-refractivity contribution in [1.82, 2.24) is 4.40 Å². The van der Waals surface area contributed by atoms with E-state index in [4.69, 9.17) is 4.42 Å². The van der Waals surface area contributed by atoms with Crippen LogP contribution in [0.1, 0.15) is 97.2 Å². The van der Waals surface area contributed by atoms with Crippen LogP contribution < -0.4 is 0 Å². The van der Waals surface area contributed by atoms with E-state index >= 15 is 0 Å². The molecule has 280 valence electrons. The molecule has 4 aliphatic rings. The molecule has 0 aliphatic heterocycles. The van der Waals surface area contributed by atoms with Gasteiger partial charge >= 0.3 is 0 Å². The largest absolute Gasteiger partial charge is 0.456 e. The summed E-state index contributed by atoms with van der Waals surface area (Å²) in [6, 6.07) is 52.5. The molecule has 60 heavy (non-hydrogen) atoms. The average Bonchev–Trinajstić information content (AvgIpc) is 3.94. The minimum Gasteiger partial charge on any atom is -0.456 e. The highest BCUT2D eigenvalue weighted by Crippen LogP contribution is 2.60. The molecule has 0 saturated heterocycles. The van der Waals surface area contributed by atoms with Gasteiger partial charge in [0.15, 0.2) is 5.78 Å². The Morgan fingerprint density at radius 3 is 2.02 bits per heavy atom. The summed E-state index contributed by atoms with van der Waals surface area (Å²) in [6.07, 6.45) is 0. The number of carbonyl (C=O) groups is 1. The second kappa shape index (κ2) is 10.8. The van der Waals surface area contributed by atoms with Crippen molar-refractivity contribution in [3.05, 3.63) is 206 Å². The number of fused-ring (bicyclic) bond motifs is 11. The summed E-state index contributed by atoms with van der Waals surface area (Å²) < 4.78 is 8.87. The van der Waals surface area contributed by atoms with Crippen molar-refractivity contribution in [2.75, 3.05) is 0 Å². The third-order valence-corrected chi connectivity index (χ3v) is 14.6. The fraction of sp³-hybridized carbons (Fsp3) is 0.107. The highest BCUT2D eigenvalue weighted by atomic mass is 16.3. The smallest absolute Gasteiger partial charge is 0.193 e. The summed E-state index contributed by atoms with van der Waals surface area (Å²) in [6.45, 7) is 6.68. The van der Waals surface area contributed by atoms with Crippen LogP contribution >= 0.6 is 0 Å². The van der Waals surface area contributed by atoms with E-state index in [0.717, 1.165) is 93.6 Å². The highest BCUT2D eigenvalue weighted by molar-refractivity contribution is 6.28. The topological polar surface area (TPSA) is 58.4 Å². The van der Waals surface area contributed by atoms with Gasteiger partial charge in [0.2, 0.25) is 0 Å². The standard InChI is InChI=1S/C56H34N2O2/c1-28-20-21-46-52(36-17-9-11-19-45(36)60-46)47(28)29-22-38-37-25-42-39(55(59)35-16-8-10-18-41(35)56(42,2)3)26-43(37)58-44-24-30(27-57)48-49-31-12-4-6-14-33(31)50(34-15-7-5-13-32(34)49)53(48)51(44)40(23-29)54(38)58/h4-26,49-50H,1-3H3. The molecule has 0 unspecified atom stereocenters. The molecular weight excluding hydrogens is 733 g/mol. The maximum Gasteiger partial charge on any atom is 0.193 e. The third-order valence-electron chi connectivity index (χ3n) is 14.6. The highest BCUT2D eigenvalue weighted by Gasteiger charge is 2.45. The lowest BCUT2D eigenvalue weighted by Crippen LogP contribution is -2.30. The number of hydrogen-bond acceptors (Lipinski definition) is 3. The summed E-state index contributed by atoms with van der Waals surface area (Å²) >= 11 is 0. The first kappa shape index (κ1) is 32.5. The zero-order valence-corrected chi connectivity index (χ0v) is 33.1. The summed E-state index contributed by atoms with van der Waals surface area (Å²) in [5, 5.41) is 17.9. The number of benzene rings is 8. The van der Waals surface area contributed by atoms with Gasteiger partial charge in [-0.1, -0.05) is 111 Å². The van der Waals surface area contributed by atoms with Crippen LogP contribution in [0.4, 0.5) is 0 Å². The summed E-state index contributed by atoms with van der Waals surface area (Å²) in [5.41, 5.74) is 19.8. The van der Waals surface area contributed by atoms with Crippen molar-refractivity contribution in [3.63, 3.8) is 0 Å². The third kappa shape index (κ3) is 3.68. The van der Waals surface area contributed by atoms with E-state index in [1.807, 2.05) is 24.3 Å². The molecule has 0 amide bonds. The zero-order chi connectivity index (χ0) is 39.9. The molecule has 2 bridgehead atoms. The maximum absolute atomic E-state index is 14.5. The predicted octanol–water partition coefficient (Wildman–Crippen LogP) is 13.4. The quantitative estimate of drug-likeness (QED) is 0.167. The van der Waals surface area contributed by atoms with E-state index in [1.54, 1.807) is 0 Å². The predicted molar refractivity (Wildman–Crippen MR) is 240 cm³/mol. The van der Waals surface area contributed by atoms with E-state index in [0.29, 0.717) is 5.56 Å². The molecule has 4 nitrogen and oxygen atoms in total. The lowest BCUT2D eigenvalue weighted by atomic mass is 9.59. The minimum atomic E-state index is -0.393. The Bertz CT molecular complexity index is 3820. The SMILES string of the molecule is Cc1ccc2oc3ccccc3c2c1-c1cc2c3cc4c(cc3n3c5cc(C#N)c6c(c5c(c1)c23)C1c2ccccc2C6c2ccccc21)C(=O)c1ccccc1C4(C)C. The molecule has 8 aromatic carbocycles. The number of furan rings is 1. The van der Waals surface area contributed by atoms with Crippen LogP contribution in [-0.4, -0.2) is 10.2 Å². The molecule has 0 spiro atoms. The Kier molecular flexibility index (Phi) is 5.83. The Balaban J connectivity index is 1.20. The lowest BCUT2D eigenvalue weighted by Gasteiger charge is -2.43. The van der Waals surface area contributed by atoms with Crippen LogP contribution in [0.2, 0.25) is 0 Å². The Labute approximate surface area is 344 Å². The van der Waals surface area contributed by atoms with Crippen molar-refractivity contribution >= 4 is 65.8 Å². The summed E-state index contributed by atoms with van der Waals surface area (Å²) in [4.78, 5) is 14.5. The van der Waals surface area contributed by atoms with Crippen molar-refractivity contribution in [2.24, 2.45) is 0 Å². The molecule has 0 atom stereocenters. The lowest BCUT2D eigenvalue weighted by molar-refractivity contribution is 0.103. The van der Waals surface area contributed by atoms with Crippen molar-refractivity contribution < 1.29 is 9.21 Å². The minimum absolute atomic E-state index is 0.0383. The normalized spacial score (nSPS) is 17.1. The number of nitriles is 1. The number of para-hydroxylation sites is 1. The van der Waals surface area contributed by atoms with E-state index in [-0.39, 0.29) is 17.6 Å². The Morgan fingerprint density at radius 2 is 1.27 bits per heavy atom. The molecule has 11 aromatic rings. The molecule has 3 heterocycles. The number of rotatable bonds is 1. The van der Waals surface area contributed by atoms with Gasteiger partial charge in [-0.25, -0.2) is 0 Å². The molecule has 4 heteroatoms. The molecule has 15 rings (SSSR count). The van der Waals surface area contributed by atoms with Crippen LogP contribution in [0, 0.1) is 18.3 Å². The van der Waals surface area contributed by atoms with Crippen LogP contribution in [0.3, 0.4) is 0 Å². The Hall–Kier alpha value is -7.48. The number of carbonyl (C=O) groups excluding carboxylic acids is 1. The second-order valence-corrected chi connectivity index (χ2v) is 17.8. The van der Waals surface area contributed by atoms with Crippen LogP contribution in [-0.2, 0) is 5.41 Å². The first-order valence-corrected chi connectivity index (χ1v) is 20.8. The van der Waals surface area contributed by atoms with Crippen LogP contribution in [0.5, 0.6) is 0 Å². The first-order chi connectivity index (χ1) is 29.3. The van der Waals surface area contributed by atoms with Gasteiger partial charge in [0.1, 0.15) is 11.2 Å². The number of aryl methyl sites for hydroxylation is 1. The van der Waals surface area contributed by atoms with Gasteiger partial charge < -0.3 is 8.82 Å². The summed E-state index contributed by atoms with van der Waals surface area (Å²) in [5.74, 6) is -0.0292. The van der Waals surface area contributed by atoms with Crippen molar-refractivity contribution in [1.29, 1.82) is 5.26 Å². The molecule has 0 saturated carbocycles. The van der Waals surface area contributed by atoms with Crippen LogP contribution in [0.25, 0.3) is 71.2 Å². The maximum atomic E-state index is 14.5. The Morgan fingerprint density at radius 1 is 0.600 bits per heavy atom. The number of ketones is 1. The molecule has 4 aliphatic carbocycles. The molecule has 0 radical (unpaired) electrons. The number of hydrogen-bond donors (Lipinski definition) is 0. The van der Waals surface area contributed by atoms with Crippen molar-refractivity contribution in [2.45, 2.75) is 38.0 Å². The zero-order valence-electron chi connectivity index (χ0n) is 33.1. The van der Waals surface area contributed by atoms with Gasteiger partial charge in [0.05, 0.1) is 28.2 Å². The van der Waals surface area contributed by atoms with Gasteiger partial charge in [0.25, 0.3) is 0 Å². The molecule has 3 aromatic heterocycles. The number of aromatic nitrogens is 1. The molecule has 0 fully saturated rings. The van der Waals surface area contributed by atoms with Gasteiger partial charge in [0, 0.05) is 60.7 Å². The molecular formula is C56H34N2O2. The molecule has 0 N–H and O–H groups in total.